The van der Waals surface area contributed by atoms with Crippen molar-refractivity contribution in [2.75, 3.05) is 0 Å². The quantitative estimate of drug-likeness (QED) is 0.312. The topological polar surface area (TPSA) is 40.6 Å². The van der Waals surface area contributed by atoms with Crippen LogP contribution in [0.2, 0.25) is 0 Å². The predicted octanol–water partition coefficient (Wildman–Crippen LogP) is -2.55. The third-order valence-corrected chi connectivity index (χ3v) is 2.27. The molecule has 0 saturated heterocycles. The average molecular weight is 246 g/mol. The molecule has 46 valence electrons. The number of hydrogen-bond acceptors (Lipinski definition) is 2. The molecule has 0 aliphatic heterocycles. The second-order valence-electron chi connectivity index (χ2n) is 0.852. The van der Waals surface area contributed by atoms with Crippen LogP contribution in [0.5, 0.6) is 0 Å². The van der Waals surface area contributed by atoms with Gasteiger partial charge in [-0.3, -0.25) is 0 Å². The van der Waals surface area contributed by atoms with Crippen LogP contribution in [0.15, 0.2) is 0 Å². The van der Waals surface area contributed by atoms with Crippen LogP contribution in [0.25, 0.3) is 0 Å². The Morgan fingerprint density at radius 2 is 1.25 bits per heavy atom. The molecule has 2 amide bonds. The first-order valence-electron chi connectivity index (χ1n) is 1.59. The molecule has 0 aromatic carbocycles. The Balaban J connectivity index is 3.60. The second kappa shape index (κ2) is 3.92. The molecule has 0 saturated carbocycles. The van der Waals surface area contributed by atoms with Crippen LogP contribution in [0.3, 0.4) is 0 Å². The predicted molar refractivity (Wildman–Crippen MR) is 30.1 cm³/mol. The normalized spacial score (nSPS) is 7.75. The SMILES string of the molecule is O=CN([SeH])N([SeH])C=O. The van der Waals surface area contributed by atoms with Gasteiger partial charge in [0.25, 0.3) is 0 Å². The first-order chi connectivity index (χ1) is 3.72. The van der Waals surface area contributed by atoms with Crippen molar-refractivity contribution in [3.63, 3.8) is 0 Å². The van der Waals surface area contributed by atoms with E-state index in [1.54, 1.807) is 0 Å². The number of amides is 2. The summed E-state index contributed by atoms with van der Waals surface area (Å²) in [5, 5.41) is 0. The number of carbonyl (C=O) groups excluding carboxylic acids is 2. The zero-order chi connectivity index (χ0) is 6.57. The molecule has 4 nitrogen and oxygen atoms in total. The molecule has 0 aliphatic rings. The molecule has 0 aromatic heterocycles. The maximum atomic E-state index is 9.80. The van der Waals surface area contributed by atoms with E-state index in [9.17, 15) is 9.59 Å². The molecule has 0 N–H and O–H groups in total. The van der Waals surface area contributed by atoms with E-state index in [4.69, 9.17) is 0 Å². The number of nitrogens with zero attached hydrogens (tertiary/aromatic N) is 2. The Morgan fingerprint density at radius 1 is 1.00 bits per heavy atom. The zero-order valence-corrected chi connectivity index (χ0v) is 7.51. The molecule has 0 fully saturated rings. The van der Waals surface area contributed by atoms with Crippen molar-refractivity contribution < 1.29 is 9.59 Å². The molecular weight excluding hydrogens is 242 g/mol. The summed E-state index contributed by atoms with van der Waals surface area (Å²) in [4.78, 5) is 19.6. The molecule has 0 atom stereocenters. The van der Waals surface area contributed by atoms with Crippen molar-refractivity contribution in [3.05, 3.63) is 0 Å². The molecule has 0 spiro atoms. The summed E-state index contributed by atoms with van der Waals surface area (Å²) < 4.78 is 2.08. The van der Waals surface area contributed by atoms with E-state index < -0.39 is 0 Å². The first kappa shape index (κ1) is 7.98. The summed E-state index contributed by atoms with van der Waals surface area (Å²) in [6, 6.07) is 0. The Kier molecular flexibility index (Phi) is 3.91. The van der Waals surface area contributed by atoms with Gasteiger partial charge in [0, 0.05) is 0 Å². The molecule has 0 unspecified atom stereocenters. The van der Waals surface area contributed by atoms with Crippen LogP contribution in [-0.2, 0) is 9.59 Å². The summed E-state index contributed by atoms with van der Waals surface area (Å²) in [6.07, 6.45) is 1.01. The minimum atomic E-state index is 0.507. The van der Waals surface area contributed by atoms with Crippen molar-refractivity contribution in [1.29, 1.82) is 0 Å². The Labute approximate surface area is 63.2 Å². The standard InChI is InChI=1S/C2H4N2O2Se2/c5-1-3(7)4(8)2-6/h1-2,7-8H. The Bertz CT molecular complexity index is 86.0. The molecule has 0 radical (unpaired) electrons. The number of hydrogen-bond donors (Lipinski definition) is 0. The van der Waals surface area contributed by atoms with Crippen LogP contribution >= 0.6 is 0 Å². The number of hydrazine groups is 1. The molecule has 0 rings (SSSR count). The summed E-state index contributed by atoms with van der Waals surface area (Å²) in [7, 11) is 0. The van der Waals surface area contributed by atoms with Crippen molar-refractivity contribution in [2.24, 2.45) is 0 Å². The fraction of sp³-hybridized carbons (Fsp3) is 0. The van der Waals surface area contributed by atoms with E-state index in [1.807, 2.05) is 32.5 Å². The third kappa shape index (κ3) is 2.33. The average Bonchev–Trinajstić information content (AvgIpc) is 1.84. The first-order valence-corrected chi connectivity index (χ1v) is 3.27. The van der Waals surface area contributed by atoms with Crippen LogP contribution in [0.1, 0.15) is 0 Å². The Morgan fingerprint density at radius 3 is 1.38 bits per heavy atom. The molecular formula is C2H4N2O2Se2. The van der Waals surface area contributed by atoms with Crippen LogP contribution < -0.4 is 0 Å². The van der Waals surface area contributed by atoms with Gasteiger partial charge in [-0.25, -0.2) is 0 Å². The fourth-order valence-corrected chi connectivity index (χ4v) is 0.274. The van der Waals surface area contributed by atoms with E-state index in [-0.39, 0.29) is 0 Å². The van der Waals surface area contributed by atoms with Gasteiger partial charge < -0.3 is 0 Å². The van der Waals surface area contributed by atoms with E-state index in [0.717, 1.165) is 8.05 Å². The maximum absolute atomic E-state index is 9.80. The molecule has 0 heterocycles. The number of carbonyl (C=O) groups is 2. The van der Waals surface area contributed by atoms with Gasteiger partial charge in [0.2, 0.25) is 0 Å². The van der Waals surface area contributed by atoms with Crippen LogP contribution in [0, 0.1) is 0 Å². The summed E-state index contributed by atoms with van der Waals surface area (Å²) >= 11 is 3.79. The summed E-state index contributed by atoms with van der Waals surface area (Å²) in [5.74, 6) is 0. The Hall–Kier alpha value is -0.0210. The zero-order valence-electron chi connectivity index (χ0n) is 3.76. The van der Waals surface area contributed by atoms with Gasteiger partial charge >= 0.3 is 62.9 Å². The molecule has 0 aliphatic carbocycles. The molecule has 0 aromatic rings. The van der Waals surface area contributed by atoms with Crippen molar-refractivity contribution in [3.8, 4) is 0 Å². The van der Waals surface area contributed by atoms with Crippen LogP contribution in [-0.4, -0.2) is 53.3 Å². The third-order valence-electron chi connectivity index (χ3n) is 0.399. The van der Waals surface area contributed by atoms with Gasteiger partial charge in [-0.05, 0) is 0 Å². The fourth-order valence-electron chi connectivity index (χ4n) is 0.0966. The van der Waals surface area contributed by atoms with E-state index in [0.29, 0.717) is 12.8 Å². The van der Waals surface area contributed by atoms with E-state index in [1.165, 1.54) is 0 Å². The molecule has 6 heteroatoms. The van der Waals surface area contributed by atoms with Gasteiger partial charge in [-0.1, -0.05) is 0 Å². The van der Waals surface area contributed by atoms with E-state index >= 15 is 0 Å². The summed E-state index contributed by atoms with van der Waals surface area (Å²) in [5.41, 5.74) is 0. The van der Waals surface area contributed by atoms with Crippen molar-refractivity contribution in [2.45, 2.75) is 0 Å². The van der Waals surface area contributed by atoms with Crippen molar-refractivity contribution >= 4 is 45.3 Å². The molecule has 0 bridgehead atoms. The van der Waals surface area contributed by atoms with Gasteiger partial charge in [-0.2, -0.15) is 0 Å². The second-order valence-corrected chi connectivity index (χ2v) is 2.57. The van der Waals surface area contributed by atoms with Gasteiger partial charge in [0.1, 0.15) is 0 Å². The monoisotopic (exact) mass is 248 g/mol. The van der Waals surface area contributed by atoms with E-state index in [2.05, 4.69) is 0 Å². The van der Waals surface area contributed by atoms with Gasteiger partial charge in [0.15, 0.2) is 0 Å². The molecule has 8 heavy (non-hydrogen) atoms. The minimum absolute atomic E-state index is 0.507. The van der Waals surface area contributed by atoms with Gasteiger partial charge in [-0.15, -0.1) is 0 Å². The number of rotatable bonds is 3. The van der Waals surface area contributed by atoms with Crippen molar-refractivity contribution in [1.82, 2.24) is 8.05 Å². The van der Waals surface area contributed by atoms with Gasteiger partial charge in [0.05, 0.1) is 0 Å². The van der Waals surface area contributed by atoms with Crippen LogP contribution in [0.4, 0.5) is 0 Å². The summed E-state index contributed by atoms with van der Waals surface area (Å²) in [6.45, 7) is 0.